The van der Waals surface area contributed by atoms with Gasteiger partial charge in [0.2, 0.25) is 15.9 Å². The van der Waals surface area contributed by atoms with Gasteiger partial charge in [0.15, 0.2) is 5.13 Å². The van der Waals surface area contributed by atoms with Crippen LogP contribution in [0.25, 0.3) is 10.2 Å². The highest BCUT2D eigenvalue weighted by atomic mass is 32.2. The highest BCUT2D eigenvalue weighted by molar-refractivity contribution is 7.89. The summed E-state index contributed by atoms with van der Waals surface area (Å²) in [6.45, 7) is 0.523. The zero-order valence-electron chi connectivity index (χ0n) is 16.2. The van der Waals surface area contributed by atoms with Crippen LogP contribution in [-0.2, 0) is 14.8 Å². The summed E-state index contributed by atoms with van der Waals surface area (Å²) in [7, 11) is -2.10. The molecule has 158 valence electrons. The van der Waals surface area contributed by atoms with Crippen LogP contribution in [0, 0.1) is 11.7 Å². The Labute approximate surface area is 177 Å². The third kappa shape index (κ3) is 4.16. The molecule has 0 atom stereocenters. The number of aromatic nitrogens is 1. The van der Waals surface area contributed by atoms with Crippen LogP contribution in [0.15, 0.2) is 47.4 Å². The van der Waals surface area contributed by atoms with Crippen molar-refractivity contribution in [1.29, 1.82) is 0 Å². The molecule has 0 spiro atoms. The zero-order chi connectivity index (χ0) is 21.3. The van der Waals surface area contributed by atoms with E-state index in [1.807, 2.05) is 0 Å². The molecule has 1 fully saturated rings. The maximum Gasteiger partial charge on any atom is 0.243 e. The van der Waals surface area contributed by atoms with Gasteiger partial charge in [0.05, 0.1) is 22.2 Å². The molecule has 1 aliphatic heterocycles. The van der Waals surface area contributed by atoms with E-state index >= 15 is 0 Å². The lowest BCUT2D eigenvalue weighted by Crippen LogP contribution is -2.41. The molecule has 1 amide bonds. The summed E-state index contributed by atoms with van der Waals surface area (Å²) < 4.78 is 46.1. The molecule has 0 unspecified atom stereocenters. The second-order valence-electron chi connectivity index (χ2n) is 6.97. The number of benzene rings is 2. The van der Waals surface area contributed by atoms with Gasteiger partial charge in [-0.25, -0.2) is 17.8 Å². The Morgan fingerprint density at radius 3 is 2.57 bits per heavy atom. The van der Waals surface area contributed by atoms with Crippen molar-refractivity contribution in [2.45, 2.75) is 17.7 Å². The number of hydrogen-bond acceptors (Lipinski definition) is 6. The molecule has 0 bridgehead atoms. The summed E-state index contributed by atoms with van der Waals surface area (Å²) >= 11 is 1.21. The van der Waals surface area contributed by atoms with Gasteiger partial charge in [0, 0.05) is 19.0 Å². The summed E-state index contributed by atoms with van der Waals surface area (Å²) in [6, 6.07) is 10.5. The normalized spacial score (nSPS) is 15.9. The third-order valence-corrected chi connectivity index (χ3v) is 7.95. The Bertz CT molecular complexity index is 1170. The van der Waals surface area contributed by atoms with Gasteiger partial charge < -0.3 is 10.1 Å². The van der Waals surface area contributed by atoms with E-state index in [1.165, 1.54) is 47.0 Å². The van der Waals surface area contributed by atoms with Crippen LogP contribution >= 0.6 is 11.3 Å². The van der Waals surface area contributed by atoms with Crippen molar-refractivity contribution in [2.24, 2.45) is 5.92 Å². The number of carbonyl (C=O) groups is 1. The average Bonchev–Trinajstić information content (AvgIpc) is 3.15. The van der Waals surface area contributed by atoms with E-state index < -0.39 is 10.0 Å². The van der Waals surface area contributed by atoms with E-state index in [2.05, 4.69) is 10.3 Å². The van der Waals surface area contributed by atoms with E-state index in [4.69, 9.17) is 4.74 Å². The molecule has 0 radical (unpaired) electrons. The largest absolute Gasteiger partial charge is 0.497 e. The van der Waals surface area contributed by atoms with Crippen LogP contribution in [0.5, 0.6) is 5.75 Å². The van der Waals surface area contributed by atoms with Crippen molar-refractivity contribution in [3.63, 3.8) is 0 Å². The second kappa shape index (κ2) is 8.29. The molecular formula is C20H20FN3O4S2. The highest BCUT2D eigenvalue weighted by Crippen LogP contribution is 2.29. The van der Waals surface area contributed by atoms with Gasteiger partial charge in [-0.05, 0) is 55.3 Å². The van der Waals surface area contributed by atoms with Crippen molar-refractivity contribution in [1.82, 2.24) is 9.29 Å². The number of hydrogen-bond donors (Lipinski definition) is 1. The highest BCUT2D eigenvalue weighted by Gasteiger charge is 2.32. The van der Waals surface area contributed by atoms with E-state index in [1.54, 1.807) is 18.2 Å². The molecular weight excluding hydrogens is 429 g/mol. The van der Waals surface area contributed by atoms with Crippen LogP contribution in [0.3, 0.4) is 0 Å². The molecule has 2 aromatic carbocycles. The first-order chi connectivity index (χ1) is 14.4. The molecule has 30 heavy (non-hydrogen) atoms. The Morgan fingerprint density at radius 1 is 1.20 bits per heavy atom. The molecule has 3 aromatic rings. The molecule has 1 aliphatic rings. The van der Waals surface area contributed by atoms with Gasteiger partial charge in [-0.3, -0.25) is 4.79 Å². The minimum atomic E-state index is -3.62. The fraction of sp³-hybridized carbons (Fsp3) is 0.300. The summed E-state index contributed by atoms with van der Waals surface area (Å²) in [4.78, 5) is 17.1. The molecule has 4 rings (SSSR count). The number of sulfonamides is 1. The van der Waals surface area contributed by atoms with Crippen LogP contribution < -0.4 is 10.1 Å². The SMILES string of the molecule is COc1ccc(S(=O)(=O)N2CCC(C(=O)Nc3nc4ccc(F)cc4s3)CC2)cc1. The van der Waals surface area contributed by atoms with Gasteiger partial charge in [-0.2, -0.15) is 4.31 Å². The van der Waals surface area contributed by atoms with Gasteiger partial charge in [-0.15, -0.1) is 0 Å². The number of carbonyl (C=O) groups excluding carboxylic acids is 1. The third-order valence-electron chi connectivity index (χ3n) is 5.10. The summed E-state index contributed by atoms with van der Waals surface area (Å²) in [6.07, 6.45) is 0.835. The summed E-state index contributed by atoms with van der Waals surface area (Å²) in [5, 5.41) is 3.19. The number of anilines is 1. The Hall–Kier alpha value is -2.56. The van der Waals surface area contributed by atoms with Crippen molar-refractivity contribution in [3.05, 3.63) is 48.3 Å². The molecule has 0 saturated carbocycles. The fourth-order valence-corrected chi connectivity index (χ4v) is 5.78. The lowest BCUT2D eigenvalue weighted by molar-refractivity contribution is -0.120. The molecule has 1 saturated heterocycles. The first-order valence-electron chi connectivity index (χ1n) is 9.38. The smallest absolute Gasteiger partial charge is 0.243 e. The second-order valence-corrected chi connectivity index (χ2v) is 9.94. The standard InChI is InChI=1S/C20H20FN3O4S2/c1-28-15-3-5-16(6-4-15)30(26,27)24-10-8-13(9-11-24)19(25)23-20-22-17-7-2-14(21)12-18(17)29-20/h2-7,12-13H,8-11H2,1H3,(H,22,23,25). The number of fused-ring (bicyclic) bond motifs is 1. The Morgan fingerprint density at radius 2 is 1.90 bits per heavy atom. The predicted molar refractivity (Wildman–Crippen MR) is 113 cm³/mol. The van der Waals surface area contributed by atoms with E-state index in [0.717, 1.165) is 0 Å². The number of rotatable bonds is 5. The van der Waals surface area contributed by atoms with Crippen molar-refractivity contribution >= 4 is 42.6 Å². The summed E-state index contributed by atoms with van der Waals surface area (Å²) in [5.41, 5.74) is 0.622. The molecule has 2 heterocycles. The van der Waals surface area contributed by atoms with Gasteiger partial charge in [-0.1, -0.05) is 11.3 Å². The first-order valence-corrected chi connectivity index (χ1v) is 11.6. The van der Waals surface area contributed by atoms with Crippen LogP contribution in [0.4, 0.5) is 9.52 Å². The number of methoxy groups -OCH3 is 1. The number of nitrogens with zero attached hydrogens (tertiary/aromatic N) is 2. The van der Waals surface area contributed by atoms with Crippen molar-refractivity contribution in [3.8, 4) is 5.75 Å². The summed E-state index contributed by atoms with van der Waals surface area (Å²) in [5.74, 6) is -0.275. The topological polar surface area (TPSA) is 88.6 Å². The zero-order valence-corrected chi connectivity index (χ0v) is 17.8. The van der Waals surface area contributed by atoms with E-state index in [-0.39, 0.29) is 35.6 Å². The lowest BCUT2D eigenvalue weighted by atomic mass is 9.97. The monoisotopic (exact) mass is 449 g/mol. The predicted octanol–water partition coefficient (Wildman–Crippen LogP) is 3.48. The molecule has 1 N–H and O–H groups in total. The number of nitrogens with one attached hydrogen (secondary N) is 1. The maximum absolute atomic E-state index is 13.3. The molecule has 7 nitrogen and oxygen atoms in total. The Balaban J connectivity index is 1.38. The van der Waals surface area contributed by atoms with Crippen LogP contribution in [0.1, 0.15) is 12.8 Å². The Kier molecular flexibility index (Phi) is 5.72. The van der Waals surface area contributed by atoms with Crippen molar-refractivity contribution in [2.75, 3.05) is 25.5 Å². The fourth-order valence-electron chi connectivity index (χ4n) is 3.41. The quantitative estimate of drug-likeness (QED) is 0.644. The number of amides is 1. The lowest BCUT2D eigenvalue weighted by Gasteiger charge is -2.30. The number of piperidine rings is 1. The number of halogens is 1. The maximum atomic E-state index is 13.3. The molecule has 10 heteroatoms. The van der Waals surface area contributed by atoms with Gasteiger partial charge >= 0.3 is 0 Å². The minimum Gasteiger partial charge on any atom is -0.497 e. The molecule has 0 aliphatic carbocycles. The van der Waals surface area contributed by atoms with E-state index in [9.17, 15) is 17.6 Å². The van der Waals surface area contributed by atoms with Crippen LogP contribution in [-0.4, -0.2) is 43.8 Å². The van der Waals surface area contributed by atoms with Gasteiger partial charge in [0.1, 0.15) is 11.6 Å². The molecule has 1 aromatic heterocycles. The van der Waals surface area contributed by atoms with Crippen molar-refractivity contribution < 1.29 is 22.3 Å². The van der Waals surface area contributed by atoms with E-state index in [0.29, 0.717) is 33.9 Å². The first kappa shape index (κ1) is 20.7. The van der Waals surface area contributed by atoms with Gasteiger partial charge in [0.25, 0.3) is 0 Å². The number of ether oxygens (including phenoxy) is 1. The minimum absolute atomic E-state index is 0.198. The average molecular weight is 450 g/mol. The van der Waals surface area contributed by atoms with Crippen LogP contribution in [0.2, 0.25) is 0 Å². The number of thiazole rings is 1.